The fourth-order valence-electron chi connectivity index (χ4n) is 9.26. The SMILES string of the molecule is Br.Br.CC1=Cc2c(-c3ccccc3)cccc2[CH]1[Ti](=[SiH2])([c]1ccccc1)([c]1ccccc1)[CH]1C(C)=Cc2c(-c3ccccc3)cccc21. The Balaban J connectivity index is 0.00000201. The van der Waals surface area contributed by atoms with Gasteiger partial charge < -0.3 is 0 Å². The van der Waals surface area contributed by atoms with Gasteiger partial charge in [0.1, 0.15) is 0 Å². The molecule has 0 spiro atoms. The van der Waals surface area contributed by atoms with Crippen LogP contribution in [0.2, 0.25) is 0 Å². The van der Waals surface area contributed by atoms with Crippen LogP contribution >= 0.6 is 34.0 Å². The normalized spacial score (nSPS) is 16.5. The Morgan fingerprint density at radius 3 is 1.10 bits per heavy atom. The average Bonchev–Trinajstić information content (AvgIpc) is 3.66. The Hall–Kier alpha value is -3.31. The Morgan fingerprint density at radius 2 is 0.750 bits per heavy atom. The van der Waals surface area contributed by atoms with E-state index in [0.29, 0.717) is 8.45 Å². The number of allylic oxidation sites excluding steroid dienone is 2. The molecular weight excluding hydrogens is 764 g/mol. The van der Waals surface area contributed by atoms with Crippen molar-refractivity contribution in [2.45, 2.75) is 22.3 Å². The van der Waals surface area contributed by atoms with Crippen LogP contribution in [0.15, 0.2) is 169 Å². The number of halogens is 2. The first-order chi connectivity index (χ1) is 22.5. The third-order valence-corrected chi connectivity index (χ3v) is 29.5. The van der Waals surface area contributed by atoms with Crippen LogP contribution in [-0.2, 0) is 14.0 Å². The van der Waals surface area contributed by atoms with Crippen molar-refractivity contribution in [1.82, 2.24) is 0 Å². The molecule has 8 rings (SSSR count). The molecule has 0 bridgehead atoms. The fraction of sp³-hybridized carbons (Fsp3) is 0.0909. The van der Waals surface area contributed by atoms with E-state index in [9.17, 15) is 0 Å². The van der Waals surface area contributed by atoms with E-state index in [1.54, 1.807) is 0 Å². The van der Waals surface area contributed by atoms with Crippen LogP contribution in [0.1, 0.15) is 44.5 Å². The summed E-state index contributed by atoms with van der Waals surface area (Å²) in [5.41, 5.74) is 13.9. The zero-order valence-electron chi connectivity index (χ0n) is 27.3. The van der Waals surface area contributed by atoms with Crippen LogP contribution in [-0.4, -0.2) is 7.63 Å². The average molecular weight is 805 g/mol. The van der Waals surface area contributed by atoms with Gasteiger partial charge in [-0.25, -0.2) is 0 Å². The minimum absolute atomic E-state index is 0. The molecule has 0 aromatic heterocycles. The van der Waals surface area contributed by atoms with E-state index in [2.05, 4.69) is 191 Å². The second-order valence-corrected chi connectivity index (χ2v) is 28.3. The molecule has 4 heteroatoms. The molecule has 0 nitrogen and oxygen atoms in total. The maximum atomic E-state index is 2.53. The summed E-state index contributed by atoms with van der Waals surface area (Å²) in [6.07, 6.45) is 5.06. The molecular formula is C44H40Br2SiTi. The first-order valence-electron chi connectivity index (χ1n) is 16.4. The van der Waals surface area contributed by atoms with Gasteiger partial charge in [-0.2, -0.15) is 0 Å². The molecule has 6 aromatic rings. The monoisotopic (exact) mass is 802 g/mol. The number of rotatable bonds is 6. The van der Waals surface area contributed by atoms with Crippen LogP contribution in [0.3, 0.4) is 0 Å². The number of hydrogen-bond acceptors (Lipinski definition) is 0. The predicted octanol–water partition coefficient (Wildman–Crippen LogP) is 10.7. The minimum atomic E-state index is -4.29. The Labute approximate surface area is 308 Å². The molecule has 2 aliphatic rings. The summed E-state index contributed by atoms with van der Waals surface area (Å²) in [5, 5.41) is 0. The van der Waals surface area contributed by atoms with Gasteiger partial charge in [0.15, 0.2) is 0 Å². The van der Waals surface area contributed by atoms with Crippen molar-refractivity contribution in [3.05, 3.63) is 191 Å². The van der Waals surface area contributed by atoms with E-state index in [0.717, 1.165) is 0 Å². The van der Waals surface area contributed by atoms with E-state index in [-0.39, 0.29) is 34.0 Å². The van der Waals surface area contributed by atoms with Crippen molar-refractivity contribution in [2.24, 2.45) is 0 Å². The molecule has 0 N–H and O–H groups in total. The molecule has 0 aliphatic heterocycles. The van der Waals surface area contributed by atoms with Gasteiger partial charge in [0.25, 0.3) is 0 Å². The Kier molecular flexibility index (Phi) is 9.75. The zero-order valence-corrected chi connectivity index (χ0v) is 33.7. The van der Waals surface area contributed by atoms with Crippen LogP contribution < -0.4 is 7.74 Å². The van der Waals surface area contributed by atoms with Crippen molar-refractivity contribution in [2.75, 3.05) is 0 Å². The van der Waals surface area contributed by atoms with Crippen molar-refractivity contribution in [3.63, 3.8) is 0 Å². The molecule has 0 saturated heterocycles. The second-order valence-electron chi connectivity index (χ2n) is 13.4. The molecule has 0 radical (unpaired) electrons. The van der Waals surface area contributed by atoms with E-state index in [1.165, 1.54) is 63.4 Å². The second kappa shape index (κ2) is 13.5. The van der Waals surface area contributed by atoms with Crippen molar-refractivity contribution >= 4 is 61.5 Å². The molecule has 48 heavy (non-hydrogen) atoms. The topological polar surface area (TPSA) is 0 Å². The van der Waals surface area contributed by atoms with Gasteiger partial charge in [0, 0.05) is 0 Å². The van der Waals surface area contributed by atoms with Gasteiger partial charge >= 0.3 is 277 Å². The van der Waals surface area contributed by atoms with Gasteiger partial charge in [-0.3, -0.25) is 0 Å². The van der Waals surface area contributed by atoms with Gasteiger partial charge in [0.2, 0.25) is 0 Å². The van der Waals surface area contributed by atoms with E-state index in [4.69, 9.17) is 0 Å². The molecule has 2 unspecified atom stereocenters. The summed E-state index contributed by atoms with van der Waals surface area (Å²) in [6.45, 7) is 4.83. The molecule has 2 aliphatic carbocycles. The van der Waals surface area contributed by atoms with Gasteiger partial charge in [-0.15, -0.1) is 34.0 Å². The van der Waals surface area contributed by atoms with Gasteiger partial charge in [-0.05, 0) is 0 Å². The molecule has 0 amide bonds. The molecule has 0 saturated carbocycles. The quantitative estimate of drug-likeness (QED) is 0.147. The molecule has 2 atom stereocenters. The van der Waals surface area contributed by atoms with Crippen molar-refractivity contribution in [3.8, 4) is 22.3 Å². The zero-order chi connectivity index (χ0) is 31.3. The van der Waals surface area contributed by atoms with Crippen molar-refractivity contribution in [1.29, 1.82) is 0 Å². The summed E-state index contributed by atoms with van der Waals surface area (Å²) in [5.74, 6) is 0. The van der Waals surface area contributed by atoms with Gasteiger partial charge in [0.05, 0.1) is 0 Å². The van der Waals surface area contributed by atoms with E-state index in [1.807, 2.05) is 0 Å². The Bertz CT molecular complexity index is 2060. The summed E-state index contributed by atoms with van der Waals surface area (Å²) in [4.78, 5) is 0. The third-order valence-electron chi connectivity index (χ3n) is 11.0. The molecule has 6 aromatic carbocycles. The van der Waals surface area contributed by atoms with Crippen LogP contribution in [0.4, 0.5) is 0 Å². The van der Waals surface area contributed by atoms with Crippen LogP contribution in [0, 0.1) is 0 Å². The standard InChI is InChI=1S/2C16H13.2C6H5.2BrH.H2Si.Ti/c2*1-12-10-14-8-5-9-15(16(14)11-12)13-6-3-2-4-7-13;2*1-2-4-6-5-3-1;;;;/h2*2-11H,1H3;2*1-5H;2*1H;1H2;. The number of fused-ring (bicyclic) bond motifs is 2. The Morgan fingerprint density at radius 1 is 0.417 bits per heavy atom. The summed E-state index contributed by atoms with van der Waals surface area (Å²) >= 11 is -4.29. The number of benzene rings is 6. The van der Waals surface area contributed by atoms with Crippen LogP contribution in [0.25, 0.3) is 34.4 Å². The predicted molar refractivity (Wildman–Crippen MR) is 218 cm³/mol. The first-order valence-corrected chi connectivity index (χ1v) is 23.8. The van der Waals surface area contributed by atoms with Crippen LogP contribution in [0.5, 0.6) is 0 Å². The van der Waals surface area contributed by atoms with E-state index < -0.39 is 14.0 Å². The van der Waals surface area contributed by atoms with E-state index >= 15 is 0 Å². The fourth-order valence-corrected chi connectivity index (χ4v) is 28.4. The maximum absolute atomic E-state index is 4.29. The first kappa shape index (κ1) is 34.6. The summed E-state index contributed by atoms with van der Waals surface area (Å²) in [7, 11) is 2.42. The van der Waals surface area contributed by atoms with Crippen molar-refractivity contribution < 1.29 is 14.0 Å². The summed E-state index contributed by atoms with van der Waals surface area (Å²) in [6, 6.07) is 59.3. The summed E-state index contributed by atoms with van der Waals surface area (Å²) < 4.78 is 3.66. The molecule has 0 heterocycles. The van der Waals surface area contributed by atoms with Gasteiger partial charge in [-0.1, -0.05) is 0 Å². The number of hydrogen-bond donors (Lipinski definition) is 0. The third kappa shape index (κ3) is 5.09. The molecule has 238 valence electrons. The molecule has 0 fully saturated rings.